The first-order valence-electron chi connectivity index (χ1n) is 11.0. The molecule has 3 aromatic rings. The number of benzene rings is 2. The molecule has 2 aromatic carbocycles. The number of rotatable bonds is 3. The third kappa shape index (κ3) is 2.86. The van der Waals surface area contributed by atoms with Crippen LogP contribution in [0.1, 0.15) is 50.3 Å². The molecule has 1 aliphatic carbocycles. The van der Waals surface area contributed by atoms with Gasteiger partial charge in [-0.25, -0.2) is 9.18 Å². The summed E-state index contributed by atoms with van der Waals surface area (Å²) in [6.45, 7) is 0.546. The average molecular weight is 458 g/mol. The summed E-state index contributed by atoms with van der Waals surface area (Å²) in [5.41, 5.74) is 2.96. The number of carbonyl (C=O) groups is 2. The van der Waals surface area contributed by atoms with E-state index in [9.17, 15) is 19.1 Å². The lowest BCUT2D eigenvalue weighted by atomic mass is 9.73. The number of carbonyl (C=O) groups excluding carboxylic acids is 1. The fraction of sp³-hybridized carbons (Fsp3) is 0.240. The molecule has 34 heavy (non-hydrogen) atoms. The van der Waals surface area contributed by atoms with Crippen molar-refractivity contribution >= 4 is 17.7 Å². The Balaban J connectivity index is 1.43. The van der Waals surface area contributed by atoms with Crippen molar-refractivity contribution < 1.29 is 23.8 Å². The second-order valence-electron chi connectivity index (χ2n) is 8.60. The second-order valence-corrected chi connectivity index (χ2v) is 8.60. The summed E-state index contributed by atoms with van der Waals surface area (Å²) in [5, 5.41) is 20.6. The van der Waals surface area contributed by atoms with E-state index in [1.165, 1.54) is 18.3 Å². The molecular weight excluding hydrogens is 439 g/mol. The number of amides is 1. The first kappa shape index (κ1) is 20.5. The molecule has 1 amide bonds. The third-order valence-electron chi connectivity index (χ3n) is 6.92. The maximum Gasteiger partial charge on any atom is 0.335 e. The topological polar surface area (TPSA) is 114 Å². The van der Waals surface area contributed by atoms with Gasteiger partial charge in [-0.15, -0.1) is 0 Å². The fourth-order valence-electron chi connectivity index (χ4n) is 5.28. The molecule has 0 radical (unpaired) electrons. The minimum atomic E-state index is -1.08. The average Bonchev–Trinajstić information content (AvgIpc) is 3.47. The van der Waals surface area contributed by atoms with Crippen molar-refractivity contribution in [2.45, 2.75) is 31.2 Å². The summed E-state index contributed by atoms with van der Waals surface area (Å²) in [6.07, 6.45) is 3.11. The molecule has 170 valence electrons. The highest BCUT2D eigenvalue weighted by Gasteiger charge is 2.52. The van der Waals surface area contributed by atoms with Gasteiger partial charge in [-0.05, 0) is 54.3 Å². The number of nitrogens with zero attached hydrogens (tertiary/aromatic N) is 3. The van der Waals surface area contributed by atoms with Crippen LogP contribution in [0.5, 0.6) is 5.75 Å². The van der Waals surface area contributed by atoms with Gasteiger partial charge in [-0.2, -0.15) is 10.2 Å². The zero-order valence-electron chi connectivity index (χ0n) is 18.0. The number of carboxylic acid groups (broad SMARTS) is 1. The number of nitrogens with one attached hydrogen (secondary N) is 1. The maximum atomic E-state index is 14.6. The van der Waals surface area contributed by atoms with E-state index in [-0.39, 0.29) is 23.8 Å². The number of aromatic carboxylic acids is 1. The Morgan fingerprint density at radius 2 is 2.12 bits per heavy atom. The Labute approximate surface area is 193 Å². The summed E-state index contributed by atoms with van der Waals surface area (Å²) in [6, 6.07) is 9.53. The molecule has 2 N–H and O–H groups in total. The highest BCUT2D eigenvalue weighted by atomic mass is 19.1. The van der Waals surface area contributed by atoms with Crippen LogP contribution in [-0.2, 0) is 29.6 Å². The Hall–Kier alpha value is -4.14. The van der Waals surface area contributed by atoms with Crippen molar-refractivity contribution in [2.24, 2.45) is 4.99 Å². The highest BCUT2D eigenvalue weighted by molar-refractivity contribution is 6.16. The van der Waals surface area contributed by atoms with Crippen LogP contribution in [0.4, 0.5) is 4.39 Å². The first-order valence-corrected chi connectivity index (χ1v) is 11.0. The van der Waals surface area contributed by atoms with Gasteiger partial charge < -0.3 is 15.2 Å². The van der Waals surface area contributed by atoms with Gasteiger partial charge in [0.25, 0.3) is 0 Å². The van der Waals surface area contributed by atoms with Crippen LogP contribution in [0.2, 0.25) is 0 Å². The third-order valence-corrected chi connectivity index (χ3v) is 6.92. The zero-order valence-corrected chi connectivity index (χ0v) is 18.0. The van der Waals surface area contributed by atoms with Crippen LogP contribution in [0.15, 0.2) is 47.6 Å². The van der Waals surface area contributed by atoms with Gasteiger partial charge in [-0.1, -0.05) is 6.07 Å². The van der Waals surface area contributed by atoms with Gasteiger partial charge >= 0.3 is 5.97 Å². The Bertz CT molecular complexity index is 1420. The van der Waals surface area contributed by atoms with Gasteiger partial charge in [0.1, 0.15) is 22.8 Å². The number of aromatic nitrogens is 2. The smallest absolute Gasteiger partial charge is 0.335 e. The van der Waals surface area contributed by atoms with E-state index in [1.807, 2.05) is 0 Å². The molecule has 3 heterocycles. The molecular formula is C25H19FN4O4. The molecule has 2 aliphatic heterocycles. The van der Waals surface area contributed by atoms with E-state index < -0.39 is 11.4 Å². The van der Waals surface area contributed by atoms with Crippen molar-refractivity contribution in [3.8, 4) is 5.75 Å². The van der Waals surface area contributed by atoms with Gasteiger partial charge in [0.15, 0.2) is 0 Å². The lowest BCUT2D eigenvalue weighted by Gasteiger charge is -2.34. The Morgan fingerprint density at radius 1 is 1.24 bits per heavy atom. The van der Waals surface area contributed by atoms with Crippen LogP contribution in [0.25, 0.3) is 0 Å². The van der Waals surface area contributed by atoms with Gasteiger partial charge in [0.2, 0.25) is 5.91 Å². The summed E-state index contributed by atoms with van der Waals surface area (Å²) < 4.78 is 20.1. The number of aryl methyl sites for hydroxylation is 1. The molecule has 6 rings (SSSR count). The number of hydrogen-bond donors (Lipinski definition) is 2. The Kier molecular flexibility index (Phi) is 4.48. The van der Waals surface area contributed by atoms with E-state index in [1.54, 1.807) is 24.3 Å². The largest absolute Gasteiger partial charge is 0.493 e. The quantitative estimate of drug-likeness (QED) is 0.624. The lowest BCUT2D eigenvalue weighted by Crippen LogP contribution is -2.52. The highest BCUT2D eigenvalue weighted by Crippen LogP contribution is 2.46. The number of fused-ring (bicyclic) bond motifs is 5. The molecule has 1 aromatic heterocycles. The van der Waals surface area contributed by atoms with E-state index in [4.69, 9.17) is 4.74 Å². The van der Waals surface area contributed by atoms with Crippen LogP contribution >= 0.6 is 0 Å². The van der Waals surface area contributed by atoms with Crippen molar-refractivity contribution in [2.75, 3.05) is 6.61 Å². The number of amidine groups is 1. The van der Waals surface area contributed by atoms with E-state index in [0.717, 1.165) is 16.7 Å². The summed E-state index contributed by atoms with van der Waals surface area (Å²) in [4.78, 5) is 29.5. The molecule has 1 atom stereocenters. The first-order chi connectivity index (χ1) is 16.5. The normalized spacial score (nSPS) is 21.1. The van der Waals surface area contributed by atoms with Crippen molar-refractivity contribution in [1.82, 2.24) is 15.5 Å². The number of hydrogen-bond acceptors (Lipinski definition) is 6. The summed E-state index contributed by atoms with van der Waals surface area (Å²) in [5.74, 6) is -0.705. The van der Waals surface area contributed by atoms with Crippen LogP contribution in [0, 0.1) is 5.82 Å². The standard InChI is InChI=1S/C25H19FN4O4/c26-19-3-4-20-15(7-10-34-20)17(19)12-27-22-16-6-9-28-30-21(16)25(24(33)29-22)8-5-13-11-14(23(31)32)1-2-18(13)25/h1-4,6,9,11H,5,7-8,10,12H2,(H,31,32)(H,27,29,33). The number of halogens is 1. The maximum absolute atomic E-state index is 14.6. The molecule has 0 saturated carbocycles. The summed E-state index contributed by atoms with van der Waals surface area (Å²) in [7, 11) is 0. The molecule has 0 bridgehead atoms. The zero-order chi connectivity index (χ0) is 23.4. The van der Waals surface area contributed by atoms with Crippen molar-refractivity contribution in [1.29, 1.82) is 0 Å². The minimum Gasteiger partial charge on any atom is -0.493 e. The van der Waals surface area contributed by atoms with Crippen molar-refractivity contribution in [3.05, 3.63) is 87.5 Å². The number of ether oxygens (including phenoxy) is 1. The van der Waals surface area contributed by atoms with E-state index in [2.05, 4.69) is 20.5 Å². The van der Waals surface area contributed by atoms with E-state index >= 15 is 0 Å². The molecule has 1 unspecified atom stereocenters. The number of aliphatic imine (C=N–C) groups is 1. The number of carboxylic acids is 1. The van der Waals surface area contributed by atoms with Crippen LogP contribution in [-0.4, -0.2) is 39.6 Å². The predicted molar refractivity (Wildman–Crippen MR) is 119 cm³/mol. The van der Waals surface area contributed by atoms with Crippen molar-refractivity contribution in [3.63, 3.8) is 0 Å². The lowest BCUT2D eigenvalue weighted by molar-refractivity contribution is -0.124. The molecule has 0 saturated heterocycles. The fourth-order valence-corrected chi connectivity index (χ4v) is 5.28. The monoisotopic (exact) mass is 458 g/mol. The van der Waals surface area contributed by atoms with E-state index in [0.29, 0.717) is 54.3 Å². The molecule has 8 nitrogen and oxygen atoms in total. The van der Waals surface area contributed by atoms with Crippen LogP contribution in [0.3, 0.4) is 0 Å². The Morgan fingerprint density at radius 3 is 2.97 bits per heavy atom. The molecule has 0 fully saturated rings. The molecule has 3 aliphatic rings. The predicted octanol–water partition coefficient (Wildman–Crippen LogP) is 2.56. The van der Waals surface area contributed by atoms with Gasteiger partial charge in [0.05, 0.1) is 30.6 Å². The molecule has 1 spiro atoms. The SMILES string of the molecule is O=C(O)c1ccc2c(c1)CCC21C(=O)NC(=NCc2c(F)ccc3c2CCO3)c2ccnnc21. The van der Waals surface area contributed by atoms with Gasteiger partial charge in [0, 0.05) is 23.1 Å². The second kappa shape index (κ2) is 7.44. The molecule has 9 heteroatoms. The minimum absolute atomic E-state index is 0.0430. The van der Waals surface area contributed by atoms with Gasteiger partial charge in [-0.3, -0.25) is 9.79 Å². The van der Waals surface area contributed by atoms with Crippen LogP contribution < -0.4 is 10.1 Å². The summed E-state index contributed by atoms with van der Waals surface area (Å²) >= 11 is 0.